The molecule has 0 radical (unpaired) electrons. The van der Waals surface area contributed by atoms with Crippen molar-refractivity contribution in [2.75, 3.05) is 39.6 Å². The third-order valence-electron chi connectivity index (χ3n) is 2.92. The standard InChI is InChI=1S/C16H22N4O2/c1-12-5-6-15(22-4)14(9-12)19-16(21)13(10-17)11-18-7-8-20(2)3/h5-6,9,11,18H,7-8H2,1-4H3,(H,19,21)/b13-11-. The highest BCUT2D eigenvalue weighted by molar-refractivity contribution is 6.07. The second kappa shape index (κ2) is 8.70. The molecule has 0 bridgehead atoms. The molecule has 6 heteroatoms. The summed E-state index contributed by atoms with van der Waals surface area (Å²) >= 11 is 0. The average molecular weight is 302 g/mol. The van der Waals surface area contributed by atoms with E-state index in [9.17, 15) is 4.79 Å². The van der Waals surface area contributed by atoms with Gasteiger partial charge in [-0.25, -0.2) is 0 Å². The van der Waals surface area contributed by atoms with E-state index in [-0.39, 0.29) is 5.57 Å². The Kier molecular flexibility index (Phi) is 6.93. The van der Waals surface area contributed by atoms with E-state index >= 15 is 0 Å². The van der Waals surface area contributed by atoms with E-state index in [4.69, 9.17) is 10.00 Å². The zero-order valence-electron chi connectivity index (χ0n) is 13.4. The molecular formula is C16H22N4O2. The van der Waals surface area contributed by atoms with Crippen LogP contribution in [0.2, 0.25) is 0 Å². The van der Waals surface area contributed by atoms with Crippen LogP contribution < -0.4 is 15.4 Å². The summed E-state index contributed by atoms with van der Waals surface area (Å²) in [5.41, 5.74) is 1.55. The maximum atomic E-state index is 12.1. The summed E-state index contributed by atoms with van der Waals surface area (Å²) in [7, 11) is 5.44. The molecule has 0 aromatic heterocycles. The Balaban J connectivity index is 2.75. The Labute approximate surface area is 131 Å². The van der Waals surface area contributed by atoms with Gasteiger partial charge in [0.2, 0.25) is 0 Å². The minimum atomic E-state index is -0.469. The van der Waals surface area contributed by atoms with Crippen LogP contribution in [0.1, 0.15) is 5.56 Å². The molecule has 1 aromatic carbocycles. The van der Waals surface area contributed by atoms with Gasteiger partial charge in [-0.1, -0.05) is 6.07 Å². The number of ether oxygens (including phenoxy) is 1. The van der Waals surface area contributed by atoms with Crippen LogP contribution in [-0.2, 0) is 4.79 Å². The molecular weight excluding hydrogens is 280 g/mol. The van der Waals surface area contributed by atoms with Gasteiger partial charge in [0.15, 0.2) is 0 Å². The summed E-state index contributed by atoms with van der Waals surface area (Å²) in [6.45, 7) is 3.38. The van der Waals surface area contributed by atoms with Gasteiger partial charge in [0.05, 0.1) is 12.8 Å². The Morgan fingerprint density at radius 1 is 1.45 bits per heavy atom. The summed E-state index contributed by atoms with van der Waals surface area (Å²) in [6, 6.07) is 7.35. The van der Waals surface area contributed by atoms with Crippen molar-refractivity contribution >= 4 is 11.6 Å². The first-order chi connectivity index (χ1) is 10.5. The van der Waals surface area contributed by atoms with Gasteiger partial charge in [0.1, 0.15) is 17.4 Å². The Hall–Kier alpha value is -2.52. The molecule has 0 atom stereocenters. The summed E-state index contributed by atoms with van der Waals surface area (Å²) < 4.78 is 5.20. The second-order valence-corrected chi connectivity index (χ2v) is 5.09. The first-order valence-electron chi connectivity index (χ1n) is 6.92. The van der Waals surface area contributed by atoms with E-state index in [1.807, 2.05) is 38.1 Å². The lowest BCUT2D eigenvalue weighted by atomic mass is 10.2. The van der Waals surface area contributed by atoms with Crippen LogP contribution in [0.3, 0.4) is 0 Å². The SMILES string of the molecule is COc1ccc(C)cc1NC(=O)/C(C#N)=C\NCCN(C)C. The quantitative estimate of drug-likeness (QED) is 0.453. The van der Waals surface area contributed by atoms with Gasteiger partial charge in [0.25, 0.3) is 5.91 Å². The van der Waals surface area contributed by atoms with Crippen molar-refractivity contribution in [3.63, 3.8) is 0 Å². The fourth-order valence-electron chi connectivity index (χ4n) is 1.72. The van der Waals surface area contributed by atoms with E-state index in [2.05, 4.69) is 10.6 Å². The molecule has 2 N–H and O–H groups in total. The Morgan fingerprint density at radius 2 is 2.18 bits per heavy atom. The molecule has 0 aliphatic rings. The first kappa shape index (κ1) is 17.5. The number of nitriles is 1. The maximum absolute atomic E-state index is 12.1. The predicted molar refractivity (Wildman–Crippen MR) is 86.6 cm³/mol. The highest BCUT2D eigenvalue weighted by Crippen LogP contribution is 2.25. The van der Waals surface area contributed by atoms with Crippen LogP contribution in [0, 0.1) is 18.3 Å². The number of nitrogens with zero attached hydrogens (tertiary/aromatic N) is 2. The van der Waals surface area contributed by atoms with E-state index < -0.39 is 5.91 Å². The third kappa shape index (κ3) is 5.46. The fourth-order valence-corrected chi connectivity index (χ4v) is 1.72. The van der Waals surface area contributed by atoms with Crippen LogP contribution in [0.5, 0.6) is 5.75 Å². The molecule has 0 saturated heterocycles. The Morgan fingerprint density at radius 3 is 2.77 bits per heavy atom. The van der Waals surface area contributed by atoms with Crippen molar-refractivity contribution in [1.29, 1.82) is 5.26 Å². The lowest BCUT2D eigenvalue weighted by Gasteiger charge is -2.11. The number of rotatable bonds is 7. The van der Waals surface area contributed by atoms with E-state index in [0.717, 1.165) is 12.1 Å². The highest BCUT2D eigenvalue weighted by atomic mass is 16.5. The van der Waals surface area contributed by atoms with Crippen LogP contribution in [0.15, 0.2) is 30.0 Å². The van der Waals surface area contributed by atoms with Crippen molar-refractivity contribution in [3.8, 4) is 11.8 Å². The molecule has 0 saturated carbocycles. The number of anilines is 1. The molecule has 1 rings (SSSR count). The molecule has 0 heterocycles. The lowest BCUT2D eigenvalue weighted by molar-refractivity contribution is -0.112. The van der Waals surface area contributed by atoms with Crippen LogP contribution in [0.4, 0.5) is 5.69 Å². The average Bonchev–Trinajstić information content (AvgIpc) is 2.47. The number of hydrogen-bond donors (Lipinski definition) is 2. The smallest absolute Gasteiger partial charge is 0.267 e. The minimum Gasteiger partial charge on any atom is -0.495 e. The van der Waals surface area contributed by atoms with E-state index in [1.165, 1.54) is 13.3 Å². The van der Waals surface area contributed by atoms with Crippen molar-refractivity contribution in [2.24, 2.45) is 0 Å². The number of carbonyl (C=O) groups is 1. The predicted octanol–water partition coefficient (Wildman–Crippen LogP) is 1.50. The van der Waals surface area contributed by atoms with Crippen LogP contribution in [-0.4, -0.2) is 45.1 Å². The van der Waals surface area contributed by atoms with Gasteiger partial charge in [-0.15, -0.1) is 0 Å². The molecule has 0 fully saturated rings. The molecule has 0 unspecified atom stereocenters. The monoisotopic (exact) mass is 302 g/mol. The number of carbonyl (C=O) groups excluding carboxylic acids is 1. The van der Waals surface area contributed by atoms with Gasteiger partial charge in [-0.3, -0.25) is 4.79 Å². The molecule has 118 valence electrons. The number of nitrogens with one attached hydrogen (secondary N) is 2. The second-order valence-electron chi connectivity index (χ2n) is 5.09. The largest absolute Gasteiger partial charge is 0.495 e. The third-order valence-corrected chi connectivity index (χ3v) is 2.92. The minimum absolute atomic E-state index is 0.0160. The normalized spacial score (nSPS) is 11.0. The van der Waals surface area contributed by atoms with E-state index in [0.29, 0.717) is 18.0 Å². The number of methoxy groups -OCH3 is 1. The molecule has 0 aliphatic heterocycles. The van der Waals surface area contributed by atoms with E-state index in [1.54, 1.807) is 12.1 Å². The number of hydrogen-bond acceptors (Lipinski definition) is 5. The summed E-state index contributed by atoms with van der Waals surface area (Å²) in [4.78, 5) is 14.1. The topological polar surface area (TPSA) is 77.4 Å². The first-order valence-corrected chi connectivity index (χ1v) is 6.92. The molecule has 6 nitrogen and oxygen atoms in total. The van der Waals surface area contributed by atoms with Gasteiger partial charge in [-0.2, -0.15) is 5.26 Å². The van der Waals surface area contributed by atoms with Crippen molar-refractivity contribution in [2.45, 2.75) is 6.92 Å². The van der Waals surface area contributed by atoms with Crippen molar-refractivity contribution < 1.29 is 9.53 Å². The van der Waals surface area contributed by atoms with Gasteiger partial charge in [-0.05, 0) is 38.7 Å². The number of aryl methyl sites for hydroxylation is 1. The fraction of sp³-hybridized carbons (Fsp3) is 0.375. The zero-order valence-corrected chi connectivity index (χ0v) is 13.4. The zero-order chi connectivity index (χ0) is 16.5. The molecule has 0 aliphatic carbocycles. The number of likely N-dealkylation sites (N-methyl/N-ethyl adjacent to an activating group) is 1. The molecule has 1 amide bonds. The number of benzene rings is 1. The molecule has 1 aromatic rings. The van der Waals surface area contributed by atoms with Crippen LogP contribution >= 0.6 is 0 Å². The van der Waals surface area contributed by atoms with Crippen LogP contribution in [0.25, 0.3) is 0 Å². The summed E-state index contributed by atoms with van der Waals surface area (Å²) in [5, 5.41) is 14.8. The summed E-state index contributed by atoms with van der Waals surface area (Å²) in [5.74, 6) is 0.0839. The highest BCUT2D eigenvalue weighted by Gasteiger charge is 2.12. The van der Waals surface area contributed by atoms with Gasteiger partial charge < -0.3 is 20.3 Å². The Bertz CT molecular complexity index is 588. The maximum Gasteiger partial charge on any atom is 0.267 e. The van der Waals surface area contributed by atoms with Gasteiger partial charge >= 0.3 is 0 Å². The van der Waals surface area contributed by atoms with Crippen molar-refractivity contribution in [3.05, 3.63) is 35.5 Å². The molecule has 0 spiro atoms. The van der Waals surface area contributed by atoms with Crippen molar-refractivity contribution in [1.82, 2.24) is 10.2 Å². The molecule has 22 heavy (non-hydrogen) atoms. The van der Waals surface area contributed by atoms with Gasteiger partial charge in [0, 0.05) is 19.3 Å². The number of amides is 1. The summed E-state index contributed by atoms with van der Waals surface area (Å²) in [6.07, 6.45) is 1.43. The lowest BCUT2D eigenvalue weighted by Crippen LogP contribution is -2.24.